The molecule has 4 heteroatoms. The van der Waals surface area contributed by atoms with Crippen LogP contribution in [0.4, 0.5) is 0 Å². The second-order valence-corrected chi connectivity index (χ2v) is 0. The molecule has 0 aliphatic carbocycles. The van der Waals surface area contributed by atoms with Gasteiger partial charge in [0, 0.05) is 22.4 Å². The van der Waals surface area contributed by atoms with E-state index in [9.17, 15) is 0 Å². The second-order valence-electron chi connectivity index (χ2n) is 0. The van der Waals surface area contributed by atoms with Crippen LogP contribution in [0.3, 0.4) is 0 Å². The first-order chi connectivity index (χ1) is 0. The Morgan fingerprint density at radius 1 is 0.750 bits per heavy atom. The first-order valence-corrected chi connectivity index (χ1v) is 0. The van der Waals surface area contributed by atoms with Gasteiger partial charge in [0.1, 0.15) is 0 Å². The third kappa shape index (κ3) is 8.85. The molecule has 0 atom stereocenters. The van der Waals surface area contributed by atoms with Crippen LogP contribution in [0.25, 0.3) is 0 Å². The van der Waals surface area contributed by atoms with Crippen molar-refractivity contribution >= 4 is 65.0 Å². The van der Waals surface area contributed by atoms with Crippen molar-refractivity contribution in [2.45, 2.75) is 0 Å². The predicted molar refractivity (Wildman–Crippen MR) is 24.2 cm³/mol. The molecule has 0 unspecified atom stereocenters. The first-order valence-electron chi connectivity index (χ1n) is 0. The maximum absolute atomic E-state index is 0. The molecular formula is H5AgLiMg2. The fourth-order valence-electron chi connectivity index (χ4n) is 0. The van der Waals surface area contributed by atoms with Crippen molar-refractivity contribution in [3.8, 4) is 0 Å². The molecule has 0 fully saturated rings. The molecule has 0 rings (SSSR count). The van der Waals surface area contributed by atoms with Crippen molar-refractivity contribution in [2.75, 3.05) is 0 Å². The van der Waals surface area contributed by atoms with Crippen molar-refractivity contribution in [1.82, 2.24) is 0 Å². The SMILES string of the molecule is [Ag].[LiH].[MgH2].[MgH2]. The van der Waals surface area contributed by atoms with E-state index in [0.717, 1.165) is 0 Å². The Balaban J connectivity index is 0. The van der Waals surface area contributed by atoms with E-state index in [1.165, 1.54) is 0 Å². The van der Waals surface area contributed by atoms with E-state index >= 15 is 0 Å². The molecule has 1 radical (unpaired) electrons. The summed E-state index contributed by atoms with van der Waals surface area (Å²) in [4.78, 5) is 0. The molecule has 0 aromatic carbocycles. The van der Waals surface area contributed by atoms with Crippen LogP contribution in [-0.2, 0) is 22.4 Å². The van der Waals surface area contributed by atoms with Gasteiger partial charge in [0.15, 0.2) is 0 Å². The summed E-state index contributed by atoms with van der Waals surface area (Å²) in [6.45, 7) is 0. The van der Waals surface area contributed by atoms with Gasteiger partial charge in [-0.25, -0.2) is 0 Å². The number of rotatable bonds is 0. The molecule has 0 heterocycles. The average molecular weight is 168 g/mol. The zero-order chi connectivity index (χ0) is 0. The summed E-state index contributed by atoms with van der Waals surface area (Å²) in [7, 11) is 0. The minimum atomic E-state index is 0. The van der Waals surface area contributed by atoms with E-state index in [4.69, 9.17) is 0 Å². The van der Waals surface area contributed by atoms with Crippen LogP contribution in [0.5, 0.6) is 0 Å². The molecule has 0 nitrogen and oxygen atoms in total. The Labute approximate surface area is 85.8 Å². The van der Waals surface area contributed by atoms with Crippen molar-refractivity contribution in [1.29, 1.82) is 0 Å². The van der Waals surface area contributed by atoms with Crippen molar-refractivity contribution < 1.29 is 22.4 Å². The van der Waals surface area contributed by atoms with Gasteiger partial charge in [-0.1, -0.05) is 0 Å². The summed E-state index contributed by atoms with van der Waals surface area (Å²) in [5.41, 5.74) is 0. The summed E-state index contributed by atoms with van der Waals surface area (Å²) in [5.74, 6) is 0. The fraction of sp³-hybridized carbons (Fsp3) is 0. The van der Waals surface area contributed by atoms with E-state index in [1.807, 2.05) is 0 Å². The molecule has 0 N–H and O–H groups in total. The van der Waals surface area contributed by atoms with E-state index in [0.29, 0.717) is 0 Å². The van der Waals surface area contributed by atoms with E-state index in [2.05, 4.69) is 0 Å². The minimum Gasteiger partial charge on any atom is 0.316 e. The standard InChI is InChI=1S/Ag.Li.2Mg.5H. The van der Waals surface area contributed by atoms with Gasteiger partial charge in [0.25, 0.3) is 0 Å². The Kier molecular flexibility index (Phi) is 121. The van der Waals surface area contributed by atoms with Gasteiger partial charge in [-0.2, -0.15) is 0 Å². The molecule has 21 valence electrons. The van der Waals surface area contributed by atoms with Gasteiger partial charge in [-0.3, -0.25) is 0 Å². The molecule has 0 aliphatic rings. The molecule has 0 spiro atoms. The molecule has 0 aromatic rings. The summed E-state index contributed by atoms with van der Waals surface area (Å²) in [5, 5.41) is 0. The van der Waals surface area contributed by atoms with Crippen LogP contribution in [0.2, 0.25) is 0 Å². The minimum absolute atomic E-state index is 0. The van der Waals surface area contributed by atoms with E-state index < -0.39 is 0 Å². The summed E-state index contributed by atoms with van der Waals surface area (Å²) in [6.07, 6.45) is 0. The molecule has 0 aromatic heterocycles. The average Bonchev–Trinajstić information content (AvgIpc) is 0. The Bertz CT molecular complexity index is 6.00. The largest absolute Gasteiger partial charge is 0.316 e. The second kappa shape index (κ2) is 16.9. The summed E-state index contributed by atoms with van der Waals surface area (Å²) in [6, 6.07) is 0. The van der Waals surface area contributed by atoms with E-state index in [-0.39, 0.29) is 87.3 Å². The Hall–Kier alpha value is 2.87. The van der Waals surface area contributed by atoms with Crippen LogP contribution in [0.1, 0.15) is 0 Å². The topological polar surface area (TPSA) is 0 Å². The van der Waals surface area contributed by atoms with Crippen LogP contribution in [-0.4, -0.2) is 65.0 Å². The van der Waals surface area contributed by atoms with Gasteiger partial charge < -0.3 is 0 Å². The van der Waals surface area contributed by atoms with Gasteiger partial charge >= 0.3 is 65.0 Å². The van der Waals surface area contributed by atoms with Crippen LogP contribution in [0, 0.1) is 0 Å². The number of hydrogen-bond donors (Lipinski definition) is 0. The van der Waals surface area contributed by atoms with Crippen molar-refractivity contribution in [3.63, 3.8) is 0 Å². The monoisotopic (exact) mass is 167 g/mol. The van der Waals surface area contributed by atoms with E-state index in [1.54, 1.807) is 0 Å². The Morgan fingerprint density at radius 2 is 0.750 bits per heavy atom. The van der Waals surface area contributed by atoms with Gasteiger partial charge in [-0.15, -0.1) is 0 Å². The molecule has 0 amide bonds. The zero-order valence-corrected chi connectivity index (χ0v) is 1.78. The maximum atomic E-state index is 0. The van der Waals surface area contributed by atoms with Gasteiger partial charge in [0.05, 0.1) is 0 Å². The molecule has 0 bridgehead atoms. The quantitative estimate of drug-likeness (QED) is 0.351. The molecular weight excluding hydrogens is 163 g/mol. The molecule has 0 saturated carbocycles. The number of hydrogen-bond acceptors (Lipinski definition) is 0. The van der Waals surface area contributed by atoms with Crippen LogP contribution in [0.15, 0.2) is 0 Å². The summed E-state index contributed by atoms with van der Waals surface area (Å²) < 4.78 is 0. The zero-order valence-electron chi connectivity index (χ0n) is 0.302. The van der Waals surface area contributed by atoms with Crippen molar-refractivity contribution in [3.05, 3.63) is 0 Å². The van der Waals surface area contributed by atoms with Crippen LogP contribution >= 0.6 is 0 Å². The van der Waals surface area contributed by atoms with Crippen molar-refractivity contribution in [2.24, 2.45) is 0 Å². The molecule has 0 aliphatic heterocycles. The van der Waals surface area contributed by atoms with Crippen LogP contribution < -0.4 is 0 Å². The third-order valence-corrected chi connectivity index (χ3v) is 0. The Morgan fingerprint density at radius 3 is 0.750 bits per heavy atom. The molecule has 0 saturated heterocycles. The third-order valence-electron chi connectivity index (χ3n) is 0. The normalized spacial score (nSPS) is 0. The predicted octanol–water partition coefficient (Wildman–Crippen LogP) is -2.48. The smallest absolute Gasteiger partial charge is 0.316 e. The molecule has 4 heavy (non-hydrogen) atoms. The first kappa shape index (κ1) is 28.7. The van der Waals surface area contributed by atoms with Gasteiger partial charge in [-0.05, 0) is 0 Å². The summed E-state index contributed by atoms with van der Waals surface area (Å²) >= 11 is 0. The van der Waals surface area contributed by atoms with Gasteiger partial charge in [0.2, 0.25) is 0 Å². The maximum Gasteiger partial charge on any atom is 0.316 e. The fourth-order valence-corrected chi connectivity index (χ4v) is 0.